The number of carbonyl (C=O) groups is 1. The first-order chi connectivity index (χ1) is 9.55. The van der Waals surface area contributed by atoms with Gasteiger partial charge >= 0.3 is 0 Å². The molecule has 1 amide bonds. The summed E-state index contributed by atoms with van der Waals surface area (Å²) >= 11 is 5.88. The number of hydrogen-bond donors (Lipinski definition) is 2. The van der Waals surface area contributed by atoms with Gasteiger partial charge in [0.15, 0.2) is 0 Å². The van der Waals surface area contributed by atoms with Gasteiger partial charge in [0.25, 0.3) is 5.91 Å². The van der Waals surface area contributed by atoms with Crippen LogP contribution in [0.1, 0.15) is 23.0 Å². The van der Waals surface area contributed by atoms with Crippen molar-refractivity contribution in [2.75, 3.05) is 11.1 Å². The SMILES string of the molecule is CCn1cc(N)cc1C(=O)Nc1cc(Cl)ccc1C#N. The second kappa shape index (κ2) is 5.68. The van der Waals surface area contributed by atoms with E-state index in [0.717, 1.165) is 0 Å². The Bertz CT molecular complexity index is 700. The predicted octanol–water partition coefficient (Wildman–Crippen LogP) is 2.87. The van der Waals surface area contributed by atoms with Crippen LogP contribution >= 0.6 is 11.6 Å². The van der Waals surface area contributed by atoms with Crippen molar-refractivity contribution >= 4 is 28.9 Å². The largest absolute Gasteiger partial charge is 0.397 e. The highest BCUT2D eigenvalue weighted by atomic mass is 35.5. The highest BCUT2D eigenvalue weighted by Crippen LogP contribution is 2.21. The molecule has 3 N–H and O–H groups in total. The van der Waals surface area contributed by atoms with E-state index in [1.807, 2.05) is 13.0 Å². The molecule has 1 aromatic carbocycles. The Labute approximate surface area is 121 Å². The highest BCUT2D eigenvalue weighted by molar-refractivity contribution is 6.31. The number of nitrogens with zero attached hydrogens (tertiary/aromatic N) is 2. The van der Waals surface area contributed by atoms with Crippen LogP contribution in [0.25, 0.3) is 0 Å². The number of hydrogen-bond acceptors (Lipinski definition) is 3. The molecule has 6 heteroatoms. The minimum Gasteiger partial charge on any atom is -0.397 e. The number of nitrogens with two attached hydrogens (primary N) is 1. The number of aryl methyl sites for hydroxylation is 1. The van der Waals surface area contributed by atoms with Gasteiger partial charge in [0, 0.05) is 17.8 Å². The van der Waals surface area contributed by atoms with Gasteiger partial charge in [-0.05, 0) is 31.2 Å². The molecule has 0 aliphatic rings. The van der Waals surface area contributed by atoms with Crippen molar-refractivity contribution in [2.45, 2.75) is 13.5 Å². The summed E-state index contributed by atoms with van der Waals surface area (Å²) in [5.74, 6) is -0.331. The zero-order valence-electron chi connectivity index (χ0n) is 10.9. The summed E-state index contributed by atoms with van der Waals surface area (Å²) in [5.41, 5.74) is 7.38. The fourth-order valence-electron chi connectivity index (χ4n) is 1.89. The number of nitrogens with one attached hydrogen (secondary N) is 1. The highest BCUT2D eigenvalue weighted by Gasteiger charge is 2.14. The van der Waals surface area contributed by atoms with E-state index >= 15 is 0 Å². The van der Waals surface area contributed by atoms with Crippen LogP contribution in [-0.2, 0) is 6.54 Å². The van der Waals surface area contributed by atoms with Crippen LogP contribution in [-0.4, -0.2) is 10.5 Å². The van der Waals surface area contributed by atoms with Gasteiger partial charge in [-0.1, -0.05) is 11.6 Å². The Hall–Kier alpha value is -2.45. The second-order valence-corrected chi connectivity index (χ2v) is 4.64. The smallest absolute Gasteiger partial charge is 0.272 e. The van der Waals surface area contributed by atoms with E-state index in [0.29, 0.717) is 34.2 Å². The molecule has 0 saturated heterocycles. The van der Waals surface area contributed by atoms with Crippen LogP contribution in [0.15, 0.2) is 30.5 Å². The number of nitriles is 1. The lowest BCUT2D eigenvalue weighted by atomic mass is 10.2. The maximum absolute atomic E-state index is 12.2. The number of amides is 1. The lowest BCUT2D eigenvalue weighted by Crippen LogP contribution is -2.17. The number of nitrogen functional groups attached to an aromatic ring is 1. The maximum Gasteiger partial charge on any atom is 0.272 e. The van der Waals surface area contributed by atoms with E-state index in [4.69, 9.17) is 22.6 Å². The van der Waals surface area contributed by atoms with Crippen LogP contribution in [0, 0.1) is 11.3 Å². The molecule has 0 fully saturated rings. The first-order valence-electron chi connectivity index (χ1n) is 6.01. The van der Waals surface area contributed by atoms with E-state index < -0.39 is 0 Å². The third-order valence-electron chi connectivity index (χ3n) is 2.84. The number of rotatable bonds is 3. The van der Waals surface area contributed by atoms with Crippen LogP contribution in [0.3, 0.4) is 0 Å². The minimum atomic E-state index is -0.331. The standard InChI is InChI=1S/C14H13ClN4O/c1-2-19-8-11(17)6-13(19)14(20)18-12-5-10(15)4-3-9(12)7-16/h3-6,8H,2,17H2,1H3,(H,18,20). The van der Waals surface area contributed by atoms with E-state index in [9.17, 15) is 4.79 Å². The molecule has 1 heterocycles. The number of aromatic nitrogens is 1. The monoisotopic (exact) mass is 288 g/mol. The van der Waals surface area contributed by atoms with Crippen molar-refractivity contribution in [3.05, 3.63) is 46.7 Å². The molecule has 2 aromatic rings. The number of carbonyl (C=O) groups excluding carboxylic acids is 1. The van der Waals surface area contributed by atoms with Crippen LogP contribution in [0.2, 0.25) is 5.02 Å². The van der Waals surface area contributed by atoms with E-state index in [-0.39, 0.29) is 5.91 Å². The molecule has 0 aliphatic carbocycles. The lowest BCUT2D eigenvalue weighted by Gasteiger charge is -2.09. The van der Waals surface area contributed by atoms with Crippen LogP contribution in [0.4, 0.5) is 11.4 Å². The van der Waals surface area contributed by atoms with Gasteiger partial charge < -0.3 is 15.6 Å². The average Bonchev–Trinajstić information content (AvgIpc) is 2.80. The summed E-state index contributed by atoms with van der Waals surface area (Å²) in [5, 5.41) is 12.2. The van der Waals surface area contributed by atoms with Gasteiger partial charge in [0.05, 0.1) is 16.9 Å². The van der Waals surface area contributed by atoms with Crippen molar-refractivity contribution < 1.29 is 4.79 Å². The van der Waals surface area contributed by atoms with Crippen molar-refractivity contribution in [2.24, 2.45) is 0 Å². The molecule has 0 unspecified atom stereocenters. The Morgan fingerprint density at radius 2 is 2.25 bits per heavy atom. The number of halogens is 1. The molecule has 102 valence electrons. The third kappa shape index (κ3) is 2.76. The molecule has 0 saturated carbocycles. The first-order valence-corrected chi connectivity index (χ1v) is 6.39. The maximum atomic E-state index is 12.2. The summed E-state index contributed by atoms with van der Waals surface area (Å²) in [7, 11) is 0. The van der Waals surface area contributed by atoms with Crippen LogP contribution in [0.5, 0.6) is 0 Å². The van der Waals surface area contributed by atoms with Gasteiger partial charge in [-0.3, -0.25) is 4.79 Å². The molecule has 20 heavy (non-hydrogen) atoms. The first kappa shape index (κ1) is 14.0. The zero-order valence-corrected chi connectivity index (χ0v) is 11.6. The van der Waals surface area contributed by atoms with E-state index in [2.05, 4.69) is 5.32 Å². The van der Waals surface area contributed by atoms with E-state index in [1.165, 1.54) is 0 Å². The van der Waals surface area contributed by atoms with Crippen molar-refractivity contribution in [3.8, 4) is 6.07 Å². The lowest BCUT2D eigenvalue weighted by molar-refractivity contribution is 0.101. The molecule has 0 atom stereocenters. The molecule has 1 aromatic heterocycles. The summed E-state index contributed by atoms with van der Waals surface area (Å²) in [6.45, 7) is 2.54. The van der Waals surface area contributed by atoms with Crippen molar-refractivity contribution in [1.82, 2.24) is 4.57 Å². The van der Waals surface area contributed by atoms with Crippen LogP contribution < -0.4 is 11.1 Å². The summed E-state index contributed by atoms with van der Waals surface area (Å²) in [6.07, 6.45) is 1.69. The predicted molar refractivity (Wildman–Crippen MR) is 78.6 cm³/mol. The fourth-order valence-corrected chi connectivity index (χ4v) is 2.06. The fraction of sp³-hybridized carbons (Fsp3) is 0.143. The topological polar surface area (TPSA) is 83.8 Å². The number of benzene rings is 1. The molecular formula is C14H13ClN4O. The van der Waals surface area contributed by atoms with Gasteiger partial charge in [-0.2, -0.15) is 5.26 Å². The Kier molecular flexibility index (Phi) is 3.97. The summed E-state index contributed by atoms with van der Waals surface area (Å²) in [6, 6.07) is 8.30. The quantitative estimate of drug-likeness (QED) is 0.911. The molecular weight excluding hydrogens is 276 g/mol. The Morgan fingerprint density at radius 3 is 2.90 bits per heavy atom. The Balaban J connectivity index is 2.32. The normalized spacial score (nSPS) is 10.1. The molecule has 0 radical (unpaired) electrons. The molecule has 5 nitrogen and oxygen atoms in total. The summed E-state index contributed by atoms with van der Waals surface area (Å²) in [4.78, 5) is 12.2. The Morgan fingerprint density at radius 1 is 1.50 bits per heavy atom. The number of anilines is 2. The van der Waals surface area contributed by atoms with Gasteiger partial charge in [-0.25, -0.2) is 0 Å². The summed E-state index contributed by atoms with van der Waals surface area (Å²) < 4.78 is 1.74. The van der Waals surface area contributed by atoms with Gasteiger partial charge in [0.1, 0.15) is 11.8 Å². The zero-order chi connectivity index (χ0) is 14.7. The van der Waals surface area contributed by atoms with Gasteiger partial charge in [0.2, 0.25) is 0 Å². The van der Waals surface area contributed by atoms with Crippen molar-refractivity contribution in [1.29, 1.82) is 5.26 Å². The molecule has 2 rings (SSSR count). The molecule has 0 aliphatic heterocycles. The van der Waals surface area contributed by atoms with Crippen molar-refractivity contribution in [3.63, 3.8) is 0 Å². The second-order valence-electron chi connectivity index (χ2n) is 4.20. The van der Waals surface area contributed by atoms with E-state index in [1.54, 1.807) is 35.0 Å². The third-order valence-corrected chi connectivity index (χ3v) is 3.08. The average molecular weight is 289 g/mol. The van der Waals surface area contributed by atoms with Gasteiger partial charge in [-0.15, -0.1) is 0 Å². The molecule has 0 bridgehead atoms. The minimum absolute atomic E-state index is 0.331. The molecule has 0 spiro atoms.